The van der Waals surface area contributed by atoms with E-state index in [2.05, 4.69) is 15.5 Å². The normalized spacial score (nSPS) is 12.2. The fourth-order valence-corrected chi connectivity index (χ4v) is 3.68. The Morgan fingerprint density at radius 2 is 1.07 bits per heavy atom. The summed E-state index contributed by atoms with van der Waals surface area (Å²) in [6.45, 7) is 3.64. The first-order valence-electron chi connectivity index (χ1n) is 12.9. The van der Waals surface area contributed by atoms with E-state index in [9.17, 15) is 24.3 Å². The molecule has 4 aromatic rings. The lowest BCUT2D eigenvalue weighted by atomic mass is 10.1. The van der Waals surface area contributed by atoms with Crippen molar-refractivity contribution in [2.75, 3.05) is 5.32 Å². The van der Waals surface area contributed by atoms with Crippen LogP contribution in [0.1, 0.15) is 31.8 Å². The van der Waals surface area contributed by atoms with E-state index < -0.39 is 36.0 Å². The molecule has 0 saturated carbocycles. The smallest absolute Gasteiger partial charge is 0.349 e. The molecule has 0 radical (unpaired) electrons. The van der Waals surface area contributed by atoms with Crippen molar-refractivity contribution in [3.63, 3.8) is 0 Å². The van der Waals surface area contributed by atoms with Crippen LogP contribution in [0.15, 0.2) is 113 Å². The van der Waals surface area contributed by atoms with Gasteiger partial charge in [-0.3, -0.25) is 4.79 Å². The number of esters is 2. The van der Waals surface area contributed by atoms with Crippen molar-refractivity contribution in [2.45, 2.75) is 26.1 Å². The SMILES string of the molecule is Cc1ccc(C(=O)O[C@H](C(=O)Nc2ccc(N=Nc3ccccc3)cc2)[C@@H](OC(=O)c2ccc(C)cc2)C(=O)O)cc1. The Bertz CT molecular complexity index is 1580. The number of carbonyl (C=O) groups excluding carboxylic acids is 3. The summed E-state index contributed by atoms with van der Waals surface area (Å²) in [4.78, 5) is 51.3. The van der Waals surface area contributed by atoms with Gasteiger partial charge in [-0.1, -0.05) is 53.6 Å². The average Bonchev–Trinajstić information content (AvgIpc) is 2.99. The van der Waals surface area contributed by atoms with Crippen molar-refractivity contribution >= 4 is 40.9 Å². The van der Waals surface area contributed by atoms with Crippen molar-refractivity contribution in [2.24, 2.45) is 10.2 Å². The summed E-state index contributed by atoms with van der Waals surface area (Å²) in [6.07, 6.45) is -4.17. The molecule has 10 nitrogen and oxygen atoms in total. The predicted molar refractivity (Wildman–Crippen MR) is 154 cm³/mol. The number of carboxylic acids is 1. The molecule has 4 aromatic carbocycles. The average molecular weight is 566 g/mol. The maximum Gasteiger partial charge on any atom is 0.349 e. The van der Waals surface area contributed by atoms with Crippen LogP contribution in [-0.2, 0) is 19.1 Å². The molecule has 4 rings (SSSR count). The summed E-state index contributed by atoms with van der Waals surface area (Å²) in [7, 11) is 0. The van der Waals surface area contributed by atoms with E-state index in [1.807, 2.05) is 32.0 Å². The molecule has 42 heavy (non-hydrogen) atoms. The van der Waals surface area contributed by atoms with Gasteiger partial charge in [0.25, 0.3) is 5.91 Å². The number of carbonyl (C=O) groups is 4. The topological polar surface area (TPSA) is 144 Å². The van der Waals surface area contributed by atoms with Crippen molar-refractivity contribution in [1.29, 1.82) is 0 Å². The molecule has 0 fully saturated rings. The number of anilines is 1. The van der Waals surface area contributed by atoms with Crippen molar-refractivity contribution < 1.29 is 33.8 Å². The lowest BCUT2D eigenvalue weighted by Gasteiger charge is -2.23. The molecule has 0 aliphatic heterocycles. The Balaban J connectivity index is 1.56. The second-order valence-electron chi connectivity index (χ2n) is 9.29. The number of ether oxygens (including phenoxy) is 2. The number of nitrogens with one attached hydrogen (secondary N) is 1. The minimum Gasteiger partial charge on any atom is -0.478 e. The lowest BCUT2D eigenvalue weighted by molar-refractivity contribution is -0.157. The molecular weight excluding hydrogens is 538 g/mol. The van der Waals surface area contributed by atoms with Gasteiger partial charge in [-0.2, -0.15) is 10.2 Å². The number of rotatable bonds is 10. The molecule has 0 heterocycles. The number of amides is 1. The number of benzene rings is 4. The Morgan fingerprint density at radius 3 is 1.55 bits per heavy atom. The fourth-order valence-electron chi connectivity index (χ4n) is 3.68. The highest BCUT2D eigenvalue weighted by Gasteiger charge is 2.41. The second-order valence-corrected chi connectivity index (χ2v) is 9.29. The van der Waals surface area contributed by atoms with E-state index in [4.69, 9.17) is 9.47 Å². The van der Waals surface area contributed by atoms with Gasteiger partial charge in [0.1, 0.15) is 0 Å². The first-order chi connectivity index (χ1) is 20.2. The predicted octanol–water partition coefficient (Wildman–Crippen LogP) is 6.19. The molecule has 0 spiro atoms. The molecule has 2 atom stereocenters. The molecule has 0 unspecified atom stereocenters. The summed E-state index contributed by atoms with van der Waals surface area (Å²) in [5.74, 6) is -4.66. The molecule has 0 saturated heterocycles. The highest BCUT2D eigenvalue weighted by Crippen LogP contribution is 2.21. The summed E-state index contributed by atoms with van der Waals surface area (Å²) in [5.41, 5.74) is 3.31. The van der Waals surface area contributed by atoms with Gasteiger partial charge in [-0.15, -0.1) is 0 Å². The van der Waals surface area contributed by atoms with Crippen LogP contribution in [0, 0.1) is 13.8 Å². The van der Waals surface area contributed by atoms with E-state index in [0.717, 1.165) is 11.1 Å². The highest BCUT2D eigenvalue weighted by atomic mass is 16.6. The summed E-state index contributed by atoms with van der Waals surface area (Å²) < 4.78 is 10.6. The molecular formula is C32H27N3O7. The standard InChI is InChI=1S/C32H27N3O7/c1-20-8-12-22(13-9-20)31(39)41-27(28(30(37)38)42-32(40)23-14-10-21(2)11-15-23)29(36)33-24-16-18-26(19-17-24)35-34-25-6-4-3-5-7-25/h3-19,27-28H,1-2H3,(H,33,36)(H,37,38)/t27-,28+/m0/s1. The van der Waals surface area contributed by atoms with Gasteiger partial charge >= 0.3 is 17.9 Å². The van der Waals surface area contributed by atoms with E-state index in [1.54, 1.807) is 48.5 Å². The second kappa shape index (κ2) is 13.6. The summed E-state index contributed by atoms with van der Waals surface area (Å²) in [6, 6.07) is 27.8. The van der Waals surface area contributed by atoms with Gasteiger partial charge < -0.3 is 19.9 Å². The van der Waals surface area contributed by atoms with Crippen LogP contribution in [0.25, 0.3) is 0 Å². The summed E-state index contributed by atoms with van der Waals surface area (Å²) in [5, 5.41) is 20.7. The minimum absolute atomic E-state index is 0.0659. The van der Waals surface area contributed by atoms with Crippen molar-refractivity contribution in [1.82, 2.24) is 0 Å². The maximum absolute atomic E-state index is 13.4. The van der Waals surface area contributed by atoms with Gasteiger partial charge in [-0.05, 0) is 74.5 Å². The monoisotopic (exact) mass is 565 g/mol. The van der Waals surface area contributed by atoms with Crippen LogP contribution >= 0.6 is 0 Å². The zero-order valence-corrected chi connectivity index (χ0v) is 22.8. The van der Waals surface area contributed by atoms with E-state index in [-0.39, 0.29) is 16.8 Å². The van der Waals surface area contributed by atoms with Crippen molar-refractivity contribution in [3.8, 4) is 0 Å². The molecule has 2 N–H and O–H groups in total. The third kappa shape index (κ3) is 7.95. The third-order valence-electron chi connectivity index (χ3n) is 5.99. The van der Waals surface area contributed by atoms with Crippen LogP contribution in [-0.4, -0.2) is 41.1 Å². The van der Waals surface area contributed by atoms with E-state index in [1.165, 1.54) is 36.4 Å². The molecule has 10 heteroatoms. The number of carboxylic acid groups (broad SMARTS) is 1. The number of hydrogen-bond donors (Lipinski definition) is 2. The first-order valence-corrected chi connectivity index (χ1v) is 12.9. The molecule has 0 aliphatic carbocycles. The molecule has 0 aliphatic rings. The largest absolute Gasteiger partial charge is 0.478 e. The highest BCUT2D eigenvalue weighted by molar-refractivity contribution is 6.01. The fraction of sp³-hybridized carbons (Fsp3) is 0.125. The minimum atomic E-state index is -2.15. The zero-order chi connectivity index (χ0) is 30.1. The lowest BCUT2D eigenvalue weighted by Crippen LogP contribution is -2.48. The maximum atomic E-state index is 13.4. The number of azo groups is 1. The number of aliphatic carboxylic acids is 1. The number of hydrogen-bond acceptors (Lipinski definition) is 8. The third-order valence-corrected chi connectivity index (χ3v) is 5.99. The Kier molecular flexibility index (Phi) is 9.52. The molecule has 0 bridgehead atoms. The van der Waals surface area contributed by atoms with Crippen molar-refractivity contribution in [3.05, 3.63) is 125 Å². The van der Waals surface area contributed by atoms with Crippen LogP contribution in [0.2, 0.25) is 0 Å². The molecule has 1 amide bonds. The van der Waals surface area contributed by atoms with E-state index >= 15 is 0 Å². The zero-order valence-electron chi connectivity index (χ0n) is 22.8. The van der Waals surface area contributed by atoms with Gasteiger partial charge in [0, 0.05) is 5.69 Å². The Morgan fingerprint density at radius 1 is 0.619 bits per heavy atom. The Labute approximate surface area is 241 Å². The first kappa shape index (κ1) is 29.3. The van der Waals surface area contributed by atoms with Crippen LogP contribution in [0.5, 0.6) is 0 Å². The quantitative estimate of drug-likeness (QED) is 0.172. The van der Waals surface area contributed by atoms with Crippen LogP contribution in [0.3, 0.4) is 0 Å². The number of aryl methyl sites for hydroxylation is 2. The Hall–Kier alpha value is -5.64. The van der Waals surface area contributed by atoms with Gasteiger partial charge in [0.05, 0.1) is 22.5 Å². The van der Waals surface area contributed by atoms with Gasteiger partial charge in [0.2, 0.25) is 12.2 Å². The van der Waals surface area contributed by atoms with Gasteiger partial charge in [0.15, 0.2) is 0 Å². The number of nitrogens with zero attached hydrogens (tertiary/aromatic N) is 2. The molecule has 0 aromatic heterocycles. The van der Waals surface area contributed by atoms with E-state index in [0.29, 0.717) is 11.4 Å². The molecule has 212 valence electrons. The van der Waals surface area contributed by atoms with Gasteiger partial charge in [-0.25, -0.2) is 14.4 Å². The summed E-state index contributed by atoms with van der Waals surface area (Å²) >= 11 is 0. The van der Waals surface area contributed by atoms with Crippen LogP contribution < -0.4 is 5.32 Å². The van der Waals surface area contributed by atoms with Crippen LogP contribution in [0.4, 0.5) is 17.1 Å².